The summed E-state index contributed by atoms with van der Waals surface area (Å²) in [6.45, 7) is 4.17. The summed E-state index contributed by atoms with van der Waals surface area (Å²) in [5.74, 6) is 0. The van der Waals surface area contributed by atoms with Gasteiger partial charge in [-0.2, -0.15) is 0 Å². The fourth-order valence-corrected chi connectivity index (χ4v) is 2.86. The second kappa shape index (κ2) is 7.19. The first-order chi connectivity index (χ1) is 10.1. The van der Waals surface area contributed by atoms with Gasteiger partial charge in [-0.3, -0.25) is 0 Å². The van der Waals surface area contributed by atoms with Crippen LogP contribution in [-0.2, 0) is 6.54 Å². The van der Waals surface area contributed by atoms with Gasteiger partial charge in [-0.1, -0.05) is 30.3 Å². The summed E-state index contributed by atoms with van der Waals surface area (Å²) >= 11 is 1.61. The summed E-state index contributed by atoms with van der Waals surface area (Å²) in [5.41, 5.74) is 1.75. The SMILES string of the molecule is Cc1nc(CNC(=O)NC(CO)c2ccccc2)c(C)s1. The summed E-state index contributed by atoms with van der Waals surface area (Å²) < 4.78 is 0. The molecule has 6 heteroatoms. The number of aromatic nitrogens is 1. The topological polar surface area (TPSA) is 74.2 Å². The van der Waals surface area contributed by atoms with Crippen molar-refractivity contribution in [1.82, 2.24) is 15.6 Å². The lowest BCUT2D eigenvalue weighted by molar-refractivity contribution is 0.216. The number of aliphatic hydroxyl groups is 1. The van der Waals surface area contributed by atoms with Crippen LogP contribution in [0.3, 0.4) is 0 Å². The molecule has 0 radical (unpaired) electrons. The van der Waals surface area contributed by atoms with E-state index in [2.05, 4.69) is 15.6 Å². The van der Waals surface area contributed by atoms with E-state index >= 15 is 0 Å². The van der Waals surface area contributed by atoms with Gasteiger partial charge in [0.25, 0.3) is 0 Å². The summed E-state index contributed by atoms with van der Waals surface area (Å²) in [6, 6.07) is 8.65. The quantitative estimate of drug-likeness (QED) is 0.793. The van der Waals surface area contributed by atoms with E-state index in [1.165, 1.54) is 0 Å². The Labute approximate surface area is 128 Å². The number of nitrogens with zero attached hydrogens (tertiary/aromatic N) is 1. The van der Waals surface area contributed by atoms with E-state index in [0.717, 1.165) is 21.1 Å². The number of urea groups is 1. The van der Waals surface area contributed by atoms with Gasteiger partial charge in [0.2, 0.25) is 0 Å². The minimum atomic E-state index is -0.413. The zero-order chi connectivity index (χ0) is 15.2. The fourth-order valence-electron chi connectivity index (χ4n) is 2.03. The third-order valence-corrected chi connectivity index (χ3v) is 4.03. The van der Waals surface area contributed by atoms with Gasteiger partial charge in [0.05, 0.1) is 29.9 Å². The molecule has 2 amide bonds. The molecule has 0 aliphatic heterocycles. The molecule has 2 aromatic rings. The summed E-state index contributed by atoms with van der Waals surface area (Å²) in [7, 11) is 0. The summed E-state index contributed by atoms with van der Waals surface area (Å²) in [4.78, 5) is 17.4. The van der Waals surface area contributed by atoms with Gasteiger partial charge < -0.3 is 15.7 Å². The van der Waals surface area contributed by atoms with E-state index in [9.17, 15) is 9.90 Å². The van der Waals surface area contributed by atoms with Crippen LogP contribution in [0.4, 0.5) is 4.79 Å². The molecule has 0 saturated heterocycles. The number of nitrogens with one attached hydrogen (secondary N) is 2. The molecule has 21 heavy (non-hydrogen) atoms. The first-order valence-electron chi connectivity index (χ1n) is 6.73. The van der Waals surface area contributed by atoms with Crippen LogP contribution in [0.2, 0.25) is 0 Å². The number of carbonyl (C=O) groups is 1. The maximum atomic E-state index is 11.9. The van der Waals surface area contributed by atoms with Gasteiger partial charge >= 0.3 is 6.03 Å². The summed E-state index contributed by atoms with van der Waals surface area (Å²) in [6.07, 6.45) is 0. The van der Waals surface area contributed by atoms with Crippen LogP contribution in [-0.4, -0.2) is 22.7 Å². The third-order valence-electron chi connectivity index (χ3n) is 3.11. The van der Waals surface area contributed by atoms with Gasteiger partial charge in [0.1, 0.15) is 0 Å². The van der Waals surface area contributed by atoms with Crippen LogP contribution in [0.5, 0.6) is 0 Å². The minimum Gasteiger partial charge on any atom is -0.394 e. The molecule has 3 N–H and O–H groups in total. The zero-order valence-electron chi connectivity index (χ0n) is 12.1. The number of hydrogen-bond donors (Lipinski definition) is 3. The molecule has 0 aliphatic rings. The van der Waals surface area contributed by atoms with E-state index in [1.807, 2.05) is 44.2 Å². The lowest BCUT2D eigenvalue weighted by atomic mass is 10.1. The van der Waals surface area contributed by atoms with Crippen molar-refractivity contribution in [2.24, 2.45) is 0 Å². The highest BCUT2D eigenvalue weighted by Gasteiger charge is 2.13. The maximum Gasteiger partial charge on any atom is 0.315 e. The van der Waals surface area contributed by atoms with Crippen molar-refractivity contribution in [3.8, 4) is 0 Å². The summed E-state index contributed by atoms with van der Waals surface area (Å²) in [5, 5.41) is 15.9. The second-order valence-electron chi connectivity index (χ2n) is 4.71. The molecule has 1 aromatic carbocycles. The Hall–Kier alpha value is -1.92. The average molecular weight is 305 g/mol. The molecule has 1 atom stereocenters. The van der Waals surface area contributed by atoms with Crippen molar-refractivity contribution in [1.29, 1.82) is 0 Å². The van der Waals surface area contributed by atoms with E-state index < -0.39 is 6.04 Å². The van der Waals surface area contributed by atoms with Crippen molar-refractivity contribution in [2.75, 3.05) is 6.61 Å². The maximum absolute atomic E-state index is 11.9. The molecule has 0 bridgehead atoms. The molecule has 2 rings (SSSR count). The first kappa shape index (κ1) is 15.5. The van der Waals surface area contributed by atoms with Gasteiger partial charge in [-0.15, -0.1) is 11.3 Å². The highest BCUT2D eigenvalue weighted by atomic mass is 32.1. The molecule has 0 fully saturated rings. The third kappa shape index (κ3) is 4.27. The zero-order valence-corrected chi connectivity index (χ0v) is 12.9. The molecule has 1 unspecified atom stereocenters. The van der Waals surface area contributed by atoms with E-state index in [4.69, 9.17) is 0 Å². The Morgan fingerprint density at radius 1 is 1.33 bits per heavy atom. The largest absolute Gasteiger partial charge is 0.394 e. The number of amides is 2. The monoisotopic (exact) mass is 305 g/mol. The lowest BCUT2D eigenvalue weighted by Crippen LogP contribution is -2.39. The molecular weight excluding hydrogens is 286 g/mol. The highest BCUT2D eigenvalue weighted by molar-refractivity contribution is 7.11. The van der Waals surface area contributed by atoms with Crippen LogP contribution in [0.25, 0.3) is 0 Å². The van der Waals surface area contributed by atoms with Crippen molar-refractivity contribution in [2.45, 2.75) is 26.4 Å². The van der Waals surface area contributed by atoms with Crippen LogP contribution in [0.1, 0.15) is 27.2 Å². The van der Waals surface area contributed by atoms with Gasteiger partial charge in [-0.05, 0) is 19.4 Å². The van der Waals surface area contributed by atoms with Gasteiger partial charge in [0.15, 0.2) is 0 Å². The highest BCUT2D eigenvalue weighted by Crippen LogP contribution is 2.16. The van der Waals surface area contributed by atoms with Gasteiger partial charge in [0, 0.05) is 4.88 Å². The second-order valence-corrected chi connectivity index (χ2v) is 6.12. The first-order valence-corrected chi connectivity index (χ1v) is 7.55. The van der Waals surface area contributed by atoms with Crippen LogP contribution in [0.15, 0.2) is 30.3 Å². The van der Waals surface area contributed by atoms with Crippen molar-refractivity contribution in [3.05, 3.63) is 51.5 Å². The van der Waals surface area contributed by atoms with Gasteiger partial charge in [-0.25, -0.2) is 9.78 Å². The number of aliphatic hydroxyl groups excluding tert-OH is 1. The molecule has 0 saturated carbocycles. The number of rotatable bonds is 5. The molecule has 1 heterocycles. The molecule has 0 aliphatic carbocycles. The van der Waals surface area contributed by atoms with Crippen molar-refractivity contribution >= 4 is 17.4 Å². The van der Waals surface area contributed by atoms with E-state index in [-0.39, 0.29) is 12.6 Å². The van der Waals surface area contributed by atoms with Crippen LogP contribution < -0.4 is 10.6 Å². The Morgan fingerprint density at radius 3 is 2.62 bits per heavy atom. The average Bonchev–Trinajstić information content (AvgIpc) is 2.81. The van der Waals surface area contributed by atoms with E-state index in [0.29, 0.717) is 6.54 Å². The molecule has 112 valence electrons. The van der Waals surface area contributed by atoms with Crippen molar-refractivity contribution < 1.29 is 9.90 Å². The predicted molar refractivity (Wildman–Crippen MR) is 83.2 cm³/mol. The van der Waals surface area contributed by atoms with Crippen molar-refractivity contribution in [3.63, 3.8) is 0 Å². The van der Waals surface area contributed by atoms with Crippen LogP contribution >= 0.6 is 11.3 Å². The minimum absolute atomic E-state index is 0.147. The number of aryl methyl sites for hydroxylation is 2. The molecule has 5 nitrogen and oxygen atoms in total. The Morgan fingerprint density at radius 2 is 2.05 bits per heavy atom. The number of benzene rings is 1. The fraction of sp³-hybridized carbons (Fsp3) is 0.333. The Balaban J connectivity index is 1.90. The normalized spacial score (nSPS) is 12.0. The molecule has 1 aromatic heterocycles. The smallest absolute Gasteiger partial charge is 0.315 e. The number of thiazole rings is 1. The Kier molecular flexibility index (Phi) is 5.30. The van der Waals surface area contributed by atoms with E-state index in [1.54, 1.807) is 11.3 Å². The molecule has 0 spiro atoms. The molecular formula is C15H19N3O2S. The number of carbonyl (C=O) groups excluding carboxylic acids is 1. The Bertz CT molecular complexity index is 598. The standard InChI is InChI=1S/C15H19N3O2S/c1-10-13(17-11(2)21-10)8-16-15(20)18-14(9-19)12-6-4-3-5-7-12/h3-7,14,19H,8-9H2,1-2H3,(H2,16,18,20). The number of hydrogen-bond acceptors (Lipinski definition) is 4. The van der Waals surface area contributed by atoms with Crippen LogP contribution in [0, 0.1) is 13.8 Å². The lowest BCUT2D eigenvalue weighted by Gasteiger charge is -2.17. The predicted octanol–water partition coefficient (Wildman–Crippen LogP) is 2.29.